The van der Waals surface area contributed by atoms with Crippen molar-refractivity contribution in [1.82, 2.24) is 0 Å². The first-order chi connectivity index (χ1) is 10.3. The van der Waals surface area contributed by atoms with Crippen LogP contribution < -0.4 is 10.2 Å². The molecule has 2 aromatic rings. The number of hydrogen-bond acceptors (Lipinski definition) is 4. The average Bonchev–Trinajstić information content (AvgIpc) is 2.56. The number of anilines is 2. The van der Waals surface area contributed by atoms with Crippen molar-refractivity contribution in [2.45, 2.75) is 6.54 Å². The van der Waals surface area contributed by atoms with Crippen molar-refractivity contribution >= 4 is 11.4 Å². The molecule has 0 radical (unpaired) electrons. The molecule has 0 bridgehead atoms. The van der Waals surface area contributed by atoms with Gasteiger partial charge in [0.15, 0.2) is 0 Å². The highest BCUT2D eigenvalue weighted by Gasteiger charge is 2.10. The lowest BCUT2D eigenvalue weighted by Crippen LogP contribution is -2.36. The van der Waals surface area contributed by atoms with E-state index in [2.05, 4.69) is 34.5 Å². The Morgan fingerprint density at radius 1 is 0.952 bits per heavy atom. The molecule has 21 heavy (non-hydrogen) atoms. The number of ether oxygens (including phenoxy) is 1. The second-order valence-electron chi connectivity index (χ2n) is 5.17. The highest BCUT2D eigenvalue weighted by atomic mass is 16.5. The van der Waals surface area contributed by atoms with Crippen LogP contribution in [-0.2, 0) is 11.3 Å². The highest BCUT2D eigenvalue weighted by molar-refractivity contribution is 5.50. The molecule has 0 spiro atoms. The molecule has 2 N–H and O–H groups in total. The summed E-state index contributed by atoms with van der Waals surface area (Å²) < 4.78 is 5.37. The molecule has 0 aromatic heterocycles. The van der Waals surface area contributed by atoms with Crippen LogP contribution in [0.3, 0.4) is 0 Å². The lowest BCUT2D eigenvalue weighted by Gasteiger charge is -2.28. The van der Waals surface area contributed by atoms with Crippen LogP contribution in [0.2, 0.25) is 0 Å². The van der Waals surface area contributed by atoms with Gasteiger partial charge in [-0.3, -0.25) is 0 Å². The Labute approximate surface area is 125 Å². The minimum atomic E-state index is 0.287. The monoisotopic (exact) mass is 284 g/mol. The molecule has 1 aliphatic heterocycles. The van der Waals surface area contributed by atoms with Crippen molar-refractivity contribution in [2.75, 3.05) is 36.5 Å². The van der Waals surface area contributed by atoms with Crippen molar-refractivity contribution in [1.29, 1.82) is 0 Å². The van der Waals surface area contributed by atoms with E-state index < -0.39 is 0 Å². The summed E-state index contributed by atoms with van der Waals surface area (Å²) in [5.74, 6) is 0.287. The third kappa shape index (κ3) is 3.67. The molecule has 1 aliphatic rings. The van der Waals surface area contributed by atoms with Crippen molar-refractivity contribution in [3.05, 3.63) is 54.1 Å². The van der Waals surface area contributed by atoms with E-state index in [9.17, 15) is 5.11 Å². The molecule has 1 fully saturated rings. The summed E-state index contributed by atoms with van der Waals surface area (Å²) in [6.45, 7) is 4.32. The third-order valence-electron chi connectivity index (χ3n) is 3.68. The van der Waals surface area contributed by atoms with Gasteiger partial charge in [-0.25, -0.2) is 0 Å². The largest absolute Gasteiger partial charge is 0.508 e. The van der Waals surface area contributed by atoms with Crippen LogP contribution in [0.4, 0.5) is 11.4 Å². The van der Waals surface area contributed by atoms with Crippen LogP contribution in [0.1, 0.15) is 5.56 Å². The summed E-state index contributed by atoms with van der Waals surface area (Å²) in [5, 5.41) is 12.6. The first-order valence-corrected chi connectivity index (χ1v) is 7.26. The second-order valence-corrected chi connectivity index (χ2v) is 5.17. The van der Waals surface area contributed by atoms with E-state index in [0.717, 1.165) is 38.5 Å². The predicted molar refractivity (Wildman–Crippen MR) is 84.9 cm³/mol. The highest BCUT2D eigenvalue weighted by Crippen LogP contribution is 2.18. The maximum absolute atomic E-state index is 9.25. The van der Waals surface area contributed by atoms with Crippen LogP contribution in [0.5, 0.6) is 5.75 Å². The number of nitrogens with one attached hydrogen (secondary N) is 1. The molecule has 0 amide bonds. The Balaban J connectivity index is 1.57. The minimum Gasteiger partial charge on any atom is -0.508 e. The summed E-state index contributed by atoms with van der Waals surface area (Å²) in [4.78, 5) is 2.35. The lowest BCUT2D eigenvalue weighted by molar-refractivity contribution is 0.122. The lowest BCUT2D eigenvalue weighted by atomic mass is 10.2. The zero-order valence-corrected chi connectivity index (χ0v) is 12.0. The molecule has 1 saturated heterocycles. The molecule has 2 aromatic carbocycles. The Morgan fingerprint density at radius 2 is 1.62 bits per heavy atom. The van der Waals surface area contributed by atoms with Crippen LogP contribution in [0, 0.1) is 0 Å². The maximum Gasteiger partial charge on any atom is 0.115 e. The first kappa shape index (κ1) is 13.8. The summed E-state index contributed by atoms with van der Waals surface area (Å²) >= 11 is 0. The van der Waals surface area contributed by atoms with Crippen molar-refractivity contribution < 1.29 is 9.84 Å². The Morgan fingerprint density at radius 3 is 2.29 bits per heavy atom. The van der Waals surface area contributed by atoms with Gasteiger partial charge in [-0.2, -0.15) is 0 Å². The average molecular weight is 284 g/mol. The van der Waals surface area contributed by atoms with Gasteiger partial charge in [-0.15, -0.1) is 0 Å². The van der Waals surface area contributed by atoms with Crippen molar-refractivity contribution in [3.8, 4) is 5.75 Å². The number of nitrogens with zero attached hydrogens (tertiary/aromatic N) is 1. The van der Waals surface area contributed by atoms with E-state index in [1.54, 1.807) is 12.1 Å². The van der Waals surface area contributed by atoms with Gasteiger partial charge in [0.05, 0.1) is 13.2 Å². The Bertz CT molecular complexity index is 560. The maximum atomic E-state index is 9.25. The molecule has 110 valence electrons. The second kappa shape index (κ2) is 6.50. The fraction of sp³-hybridized carbons (Fsp3) is 0.294. The smallest absolute Gasteiger partial charge is 0.115 e. The molecular formula is C17H20N2O2. The number of benzene rings is 2. The fourth-order valence-corrected chi connectivity index (χ4v) is 2.43. The molecule has 0 aliphatic carbocycles. The van der Waals surface area contributed by atoms with E-state index >= 15 is 0 Å². The Kier molecular flexibility index (Phi) is 4.26. The van der Waals surface area contributed by atoms with Crippen LogP contribution in [0.15, 0.2) is 48.5 Å². The van der Waals surface area contributed by atoms with Crippen LogP contribution in [-0.4, -0.2) is 31.4 Å². The number of hydrogen-bond donors (Lipinski definition) is 2. The van der Waals surface area contributed by atoms with Gasteiger partial charge in [-0.05, 0) is 42.0 Å². The molecule has 4 heteroatoms. The number of phenols is 1. The minimum absolute atomic E-state index is 0.287. The number of morpholine rings is 1. The van der Waals surface area contributed by atoms with E-state index in [1.165, 1.54) is 11.3 Å². The molecule has 3 rings (SSSR count). The third-order valence-corrected chi connectivity index (χ3v) is 3.68. The molecule has 1 heterocycles. The first-order valence-electron chi connectivity index (χ1n) is 7.26. The molecule has 0 atom stereocenters. The molecular weight excluding hydrogens is 264 g/mol. The molecule has 0 unspecified atom stereocenters. The van der Waals surface area contributed by atoms with Gasteiger partial charge in [0, 0.05) is 31.0 Å². The SMILES string of the molecule is Oc1ccc(NCc2ccc(N3CCOCC3)cc2)cc1. The van der Waals surface area contributed by atoms with Crippen LogP contribution in [0.25, 0.3) is 0 Å². The summed E-state index contributed by atoms with van der Waals surface area (Å²) in [5.41, 5.74) is 3.50. The summed E-state index contributed by atoms with van der Waals surface area (Å²) in [6, 6.07) is 15.7. The quantitative estimate of drug-likeness (QED) is 0.847. The van der Waals surface area contributed by atoms with E-state index in [1.807, 2.05) is 12.1 Å². The Hall–Kier alpha value is -2.20. The topological polar surface area (TPSA) is 44.7 Å². The fourth-order valence-electron chi connectivity index (χ4n) is 2.43. The predicted octanol–water partition coefficient (Wildman–Crippen LogP) is 2.84. The zero-order chi connectivity index (χ0) is 14.5. The van der Waals surface area contributed by atoms with Crippen molar-refractivity contribution in [2.24, 2.45) is 0 Å². The van der Waals surface area contributed by atoms with E-state index in [0.29, 0.717) is 0 Å². The van der Waals surface area contributed by atoms with E-state index in [-0.39, 0.29) is 5.75 Å². The van der Waals surface area contributed by atoms with Crippen LogP contribution >= 0.6 is 0 Å². The summed E-state index contributed by atoms with van der Waals surface area (Å²) in [7, 11) is 0. The van der Waals surface area contributed by atoms with Gasteiger partial charge >= 0.3 is 0 Å². The molecule has 0 saturated carbocycles. The van der Waals surface area contributed by atoms with Gasteiger partial charge in [0.1, 0.15) is 5.75 Å². The normalized spacial score (nSPS) is 15.0. The summed E-state index contributed by atoms with van der Waals surface area (Å²) in [6.07, 6.45) is 0. The van der Waals surface area contributed by atoms with Gasteiger partial charge in [0.25, 0.3) is 0 Å². The van der Waals surface area contributed by atoms with Gasteiger partial charge in [-0.1, -0.05) is 12.1 Å². The van der Waals surface area contributed by atoms with E-state index in [4.69, 9.17) is 4.74 Å². The van der Waals surface area contributed by atoms with Crippen molar-refractivity contribution in [3.63, 3.8) is 0 Å². The molecule has 4 nitrogen and oxygen atoms in total. The van der Waals surface area contributed by atoms with Gasteiger partial charge in [0.2, 0.25) is 0 Å². The number of aromatic hydroxyl groups is 1. The zero-order valence-electron chi connectivity index (χ0n) is 12.0. The van der Waals surface area contributed by atoms with Gasteiger partial charge < -0.3 is 20.1 Å². The number of phenolic OH excluding ortho intramolecular Hbond substituents is 1. The number of rotatable bonds is 4. The standard InChI is InChI=1S/C17H20N2O2/c20-17-7-3-15(4-8-17)18-13-14-1-5-16(6-2-14)19-9-11-21-12-10-19/h1-8,18,20H,9-13H2.